The topological polar surface area (TPSA) is 75.2 Å². The molecule has 2 rings (SSSR count). The quantitative estimate of drug-likeness (QED) is 0.868. The molecule has 1 N–H and O–H groups in total. The van der Waals surface area contributed by atoms with Crippen LogP contribution in [0.1, 0.15) is 24.9 Å². The lowest BCUT2D eigenvalue weighted by Crippen LogP contribution is -2.40. The zero-order valence-electron chi connectivity index (χ0n) is 12.1. The van der Waals surface area contributed by atoms with Crippen LogP contribution in [0.25, 0.3) is 0 Å². The number of aryl methyl sites for hydroxylation is 1. The first-order valence-electron chi connectivity index (χ1n) is 7.00. The van der Waals surface area contributed by atoms with Crippen molar-refractivity contribution in [1.82, 2.24) is 14.9 Å². The van der Waals surface area contributed by atoms with E-state index >= 15 is 0 Å². The van der Waals surface area contributed by atoms with Crippen molar-refractivity contribution < 1.29 is 8.42 Å². The molecule has 0 atom stereocenters. The molecule has 1 saturated heterocycles. The van der Waals surface area contributed by atoms with Gasteiger partial charge in [0.1, 0.15) is 11.6 Å². The van der Waals surface area contributed by atoms with E-state index in [1.165, 1.54) is 0 Å². The Morgan fingerprint density at radius 1 is 1.30 bits per heavy atom. The molecule has 0 spiro atoms. The number of hydrogen-bond acceptors (Lipinski definition) is 6. The van der Waals surface area contributed by atoms with Crippen molar-refractivity contribution in [2.45, 2.75) is 26.8 Å². The lowest BCUT2D eigenvalue weighted by atomic mass is 10.3. The van der Waals surface area contributed by atoms with E-state index in [4.69, 9.17) is 0 Å². The van der Waals surface area contributed by atoms with E-state index in [1.54, 1.807) is 0 Å². The monoisotopic (exact) mass is 298 g/mol. The average Bonchev–Trinajstić information content (AvgIpc) is 2.38. The highest BCUT2D eigenvalue weighted by atomic mass is 32.2. The van der Waals surface area contributed by atoms with Crippen LogP contribution in [-0.2, 0) is 16.4 Å². The number of rotatable bonds is 5. The van der Waals surface area contributed by atoms with Gasteiger partial charge in [-0.25, -0.2) is 18.4 Å². The van der Waals surface area contributed by atoms with Gasteiger partial charge in [0, 0.05) is 31.4 Å². The molecule has 0 aliphatic carbocycles. The third kappa shape index (κ3) is 4.42. The fourth-order valence-corrected chi connectivity index (χ4v) is 3.43. The molecule has 0 saturated carbocycles. The molecule has 0 radical (unpaired) electrons. The summed E-state index contributed by atoms with van der Waals surface area (Å²) in [5, 5.41) is 3.26. The van der Waals surface area contributed by atoms with Crippen LogP contribution >= 0.6 is 0 Å². The molecule has 112 valence electrons. The molecule has 0 amide bonds. The Hall–Kier alpha value is -1.21. The second-order valence-electron chi connectivity index (χ2n) is 5.17. The second-order valence-corrected chi connectivity index (χ2v) is 7.47. The molecule has 0 bridgehead atoms. The number of nitrogens with zero attached hydrogens (tertiary/aromatic N) is 3. The van der Waals surface area contributed by atoms with Crippen molar-refractivity contribution in [1.29, 1.82) is 0 Å². The fraction of sp³-hybridized carbons (Fsp3) is 0.692. The van der Waals surface area contributed by atoms with Gasteiger partial charge >= 0.3 is 0 Å². The Morgan fingerprint density at radius 2 is 2.00 bits per heavy atom. The molecule has 2 heterocycles. The molecule has 20 heavy (non-hydrogen) atoms. The lowest BCUT2D eigenvalue weighted by molar-refractivity contribution is 0.280. The van der Waals surface area contributed by atoms with Crippen LogP contribution in [-0.4, -0.2) is 54.4 Å². The average molecular weight is 298 g/mol. The van der Waals surface area contributed by atoms with Crippen LogP contribution in [0.4, 0.5) is 5.82 Å². The normalized spacial score (nSPS) is 18.9. The summed E-state index contributed by atoms with van der Waals surface area (Å²) < 4.78 is 22.8. The van der Waals surface area contributed by atoms with E-state index in [-0.39, 0.29) is 11.5 Å². The second kappa shape index (κ2) is 6.49. The summed E-state index contributed by atoms with van der Waals surface area (Å²) in [4.78, 5) is 11.0. The van der Waals surface area contributed by atoms with Crippen LogP contribution in [0.3, 0.4) is 0 Å². The Labute approximate surface area is 120 Å². The highest BCUT2D eigenvalue weighted by molar-refractivity contribution is 7.91. The van der Waals surface area contributed by atoms with Gasteiger partial charge in [-0.1, -0.05) is 6.92 Å². The maximum absolute atomic E-state index is 11.4. The molecule has 0 unspecified atom stereocenters. The van der Waals surface area contributed by atoms with E-state index < -0.39 is 9.84 Å². The molecular formula is C13H22N4O2S. The van der Waals surface area contributed by atoms with Crippen molar-refractivity contribution in [2.24, 2.45) is 0 Å². The van der Waals surface area contributed by atoms with Gasteiger partial charge in [-0.2, -0.15) is 0 Å². The van der Waals surface area contributed by atoms with Crippen molar-refractivity contribution >= 4 is 15.7 Å². The minimum Gasteiger partial charge on any atom is -0.370 e. The lowest BCUT2D eigenvalue weighted by Gasteiger charge is -2.25. The summed E-state index contributed by atoms with van der Waals surface area (Å²) in [5.41, 5.74) is 0.929. The number of sulfone groups is 1. The highest BCUT2D eigenvalue weighted by Gasteiger charge is 2.22. The molecule has 1 aromatic rings. The summed E-state index contributed by atoms with van der Waals surface area (Å²) >= 11 is 0. The first-order chi connectivity index (χ1) is 9.48. The van der Waals surface area contributed by atoms with Gasteiger partial charge in [-0.05, 0) is 13.3 Å². The van der Waals surface area contributed by atoms with Crippen molar-refractivity contribution in [3.8, 4) is 0 Å². The van der Waals surface area contributed by atoms with Crippen molar-refractivity contribution in [3.05, 3.63) is 17.6 Å². The van der Waals surface area contributed by atoms with E-state index in [9.17, 15) is 8.42 Å². The Morgan fingerprint density at radius 3 is 2.65 bits per heavy atom. The predicted molar refractivity (Wildman–Crippen MR) is 79.5 cm³/mol. The molecule has 7 heteroatoms. The molecule has 6 nitrogen and oxygen atoms in total. The van der Waals surface area contributed by atoms with Gasteiger partial charge in [0.05, 0.1) is 18.1 Å². The zero-order chi connectivity index (χ0) is 14.6. The van der Waals surface area contributed by atoms with E-state index in [2.05, 4.69) is 27.1 Å². The van der Waals surface area contributed by atoms with E-state index in [1.807, 2.05) is 13.0 Å². The van der Waals surface area contributed by atoms with Crippen LogP contribution in [0.2, 0.25) is 0 Å². The summed E-state index contributed by atoms with van der Waals surface area (Å²) in [6.45, 7) is 6.68. The number of nitrogens with one attached hydrogen (secondary N) is 1. The molecule has 1 aliphatic heterocycles. The van der Waals surface area contributed by atoms with E-state index in [0.29, 0.717) is 19.6 Å². The zero-order valence-corrected chi connectivity index (χ0v) is 12.9. The van der Waals surface area contributed by atoms with Gasteiger partial charge in [-0.3, -0.25) is 4.90 Å². The van der Waals surface area contributed by atoms with Crippen molar-refractivity contribution in [3.63, 3.8) is 0 Å². The summed E-state index contributed by atoms with van der Waals surface area (Å²) in [7, 11) is -2.83. The van der Waals surface area contributed by atoms with Crippen LogP contribution in [0.15, 0.2) is 6.07 Å². The van der Waals surface area contributed by atoms with Gasteiger partial charge in [0.2, 0.25) is 0 Å². The number of hydrogen-bond donors (Lipinski definition) is 1. The van der Waals surface area contributed by atoms with Gasteiger partial charge < -0.3 is 5.32 Å². The standard InChI is InChI=1S/C13H22N4O2S/c1-3-4-14-12-9-11(2)15-13(16-12)10-17-5-7-20(18,19)8-6-17/h9H,3-8,10H2,1-2H3,(H,14,15,16). The minimum atomic E-state index is -2.83. The number of anilines is 1. The summed E-state index contributed by atoms with van der Waals surface area (Å²) in [5.74, 6) is 2.07. The molecule has 0 aromatic carbocycles. The minimum absolute atomic E-state index is 0.236. The van der Waals surface area contributed by atoms with Gasteiger partial charge in [0.15, 0.2) is 9.84 Å². The van der Waals surface area contributed by atoms with Crippen LogP contribution in [0, 0.1) is 6.92 Å². The smallest absolute Gasteiger partial charge is 0.152 e. The Bertz CT molecular complexity index is 545. The molecule has 1 aromatic heterocycles. The maximum Gasteiger partial charge on any atom is 0.152 e. The maximum atomic E-state index is 11.4. The number of aromatic nitrogens is 2. The summed E-state index contributed by atoms with van der Waals surface area (Å²) in [6.07, 6.45) is 1.04. The van der Waals surface area contributed by atoms with Crippen LogP contribution < -0.4 is 5.32 Å². The summed E-state index contributed by atoms with van der Waals surface area (Å²) in [6, 6.07) is 1.93. The van der Waals surface area contributed by atoms with Crippen LogP contribution in [0.5, 0.6) is 0 Å². The molecule has 1 aliphatic rings. The third-order valence-electron chi connectivity index (χ3n) is 3.26. The van der Waals surface area contributed by atoms with Gasteiger partial charge in [0.25, 0.3) is 0 Å². The Balaban J connectivity index is 2.00. The largest absolute Gasteiger partial charge is 0.370 e. The first-order valence-corrected chi connectivity index (χ1v) is 8.82. The van der Waals surface area contributed by atoms with Crippen molar-refractivity contribution in [2.75, 3.05) is 36.5 Å². The first kappa shape index (κ1) is 15.2. The Kier molecular flexibility index (Phi) is 4.93. The predicted octanol–water partition coefficient (Wildman–Crippen LogP) is 0.837. The molecule has 1 fully saturated rings. The SMILES string of the molecule is CCCNc1cc(C)nc(CN2CCS(=O)(=O)CC2)n1. The van der Waals surface area contributed by atoms with E-state index in [0.717, 1.165) is 30.3 Å². The van der Waals surface area contributed by atoms with Gasteiger partial charge in [-0.15, -0.1) is 0 Å². The fourth-order valence-electron chi connectivity index (χ4n) is 2.15. The third-order valence-corrected chi connectivity index (χ3v) is 4.87. The highest BCUT2D eigenvalue weighted by Crippen LogP contribution is 2.11. The molecular weight excluding hydrogens is 276 g/mol.